The summed E-state index contributed by atoms with van der Waals surface area (Å²) in [4.78, 5) is 7.18. The van der Waals surface area contributed by atoms with E-state index in [1.54, 1.807) is 12.4 Å². The Morgan fingerprint density at radius 2 is 1.96 bits per heavy atom. The van der Waals surface area contributed by atoms with Crippen molar-refractivity contribution in [1.29, 1.82) is 0 Å². The van der Waals surface area contributed by atoms with E-state index in [1.807, 2.05) is 42.6 Å². The van der Waals surface area contributed by atoms with E-state index >= 15 is 0 Å². The average molecular weight is 361 g/mol. The number of pyridine rings is 1. The van der Waals surface area contributed by atoms with Crippen molar-refractivity contribution in [3.8, 4) is 11.5 Å². The predicted molar refractivity (Wildman–Crippen MR) is 104 cm³/mol. The second kappa shape index (κ2) is 8.01. The quantitative estimate of drug-likeness (QED) is 0.464. The summed E-state index contributed by atoms with van der Waals surface area (Å²) < 4.78 is 19.1. The van der Waals surface area contributed by atoms with Crippen molar-refractivity contribution in [2.45, 2.75) is 13.0 Å². The zero-order valence-corrected chi connectivity index (χ0v) is 14.8. The second-order valence-electron chi connectivity index (χ2n) is 6.37. The van der Waals surface area contributed by atoms with Crippen LogP contribution in [-0.4, -0.2) is 16.5 Å². The third-order valence-electron chi connectivity index (χ3n) is 4.40. The van der Waals surface area contributed by atoms with Crippen molar-refractivity contribution in [3.05, 3.63) is 90.1 Å². The molecule has 0 aliphatic heterocycles. The van der Waals surface area contributed by atoms with E-state index in [2.05, 4.69) is 21.4 Å². The number of hydrogen-bond donors (Lipinski definition) is 2. The highest BCUT2D eigenvalue weighted by molar-refractivity contribution is 5.83. The minimum absolute atomic E-state index is 0.220. The number of hydrogen-bond acceptors (Lipinski definition) is 3. The SMILES string of the molecule is Fc1ccc2c(CCNCc3cccc(Oc4cccnc4)c3)c[nH]c2c1. The number of benzene rings is 2. The highest BCUT2D eigenvalue weighted by atomic mass is 19.1. The second-order valence-corrected chi connectivity index (χ2v) is 6.37. The molecule has 0 unspecified atom stereocenters. The molecule has 0 atom stereocenters. The van der Waals surface area contributed by atoms with Crippen molar-refractivity contribution in [2.75, 3.05) is 6.54 Å². The molecule has 0 fully saturated rings. The number of fused-ring (bicyclic) bond motifs is 1. The molecule has 0 saturated carbocycles. The van der Waals surface area contributed by atoms with Crippen LogP contribution < -0.4 is 10.1 Å². The number of nitrogens with zero attached hydrogens (tertiary/aromatic N) is 1. The van der Waals surface area contributed by atoms with E-state index < -0.39 is 0 Å². The third kappa shape index (κ3) is 4.33. The molecular formula is C22H20FN3O. The predicted octanol–water partition coefficient (Wildman–Crippen LogP) is 4.83. The van der Waals surface area contributed by atoms with Gasteiger partial charge in [-0.1, -0.05) is 12.1 Å². The van der Waals surface area contributed by atoms with Gasteiger partial charge in [0, 0.05) is 29.8 Å². The maximum Gasteiger partial charge on any atom is 0.145 e. The van der Waals surface area contributed by atoms with Crippen molar-refractivity contribution in [3.63, 3.8) is 0 Å². The number of nitrogens with one attached hydrogen (secondary N) is 2. The number of ether oxygens (including phenoxy) is 1. The van der Waals surface area contributed by atoms with Crippen LogP contribution in [0.15, 0.2) is 73.2 Å². The van der Waals surface area contributed by atoms with Gasteiger partial charge in [-0.2, -0.15) is 0 Å². The summed E-state index contributed by atoms with van der Waals surface area (Å²) in [6.07, 6.45) is 6.24. The lowest BCUT2D eigenvalue weighted by Crippen LogP contribution is -2.16. The Kier molecular flexibility index (Phi) is 5.12. The van der Waals surface area contributed by atoms with Crippen LogP contribution in [0.25, 0.3) is 10.9 Å². The average Bonchev–Trinajstić information content (AvgIpc) is 3.08. The van der Waals surface area contributed by atoms with Gasteiger partial charge < -0.3 is 15.0 Å². The third-order valence-corrected chi connectivity index (χ3v) is 4.40. The monoisotopic (exact) mass is 361 g/mol. The van der Waals surface area contributed by atoms with Crippen LogP contribution in [0.5, 0.6) is 11.5 Å². The normalized spacial score (nSPS) is 11.0. The van der Waals surface area contributed by atoms with Crippen LogP contribution in [0.2, 0.25) is 0 Å². The minimum Gasteiger partial charge on any atom is -0.456 e. The van der Waals surface area contributed by atoms with Crippen molar-refractivity contribution >= 4 is 10.9 Å². The zero-order valence-electron chi connectivity index (χ0n) is 14.8. The van der Waals surface area contributed by atoms with E-state index in [0.717, 1.165) is 47.5 Å². The lowest BCUT2D eigenvalue weighted by Gasteiger charge is -2.08. The molecule has 0 saturated heterocycles. The molecule has 4 aromatic rings. The Labute approximate surface area is 157 Å². The fraction of sp³-hybridized carbons (Fsp3) is 0.136. The molecule has 0 spiro atoms. The van der Waals surface area contributed by atoms with Gasteiger partial charge in [0.15, 0.2) is 0 Å². The first kappa shape index (κ1) is 17.2. The largest absolute Gasteiger partial charge is 0.456 e. The van der Waals surface area contributed by atoms with Gasteiger partial charge in [0.1, 0.15) is 17.3 Å². The number of halogens is 1. The maximum absolute atomic E-state index is 13.3. The molecule has 2 heterocycles. The minimum atomic E-state index is -0.220. The lowest BCUT2D eigenvalue weighted by atomic mass is 10.1. The molecule has 5 heteroatoms. The highest BCUT2D eigenvalue weighted by Gasteiger charge is 2.05. The molecule has 2 aromatic heterocycles. The lowest BCUT2D eigenvalue weighted by molar-refractivity contribution is 0.479. The van der Waals surface area contributed by atoms with Gasteiger partial charge in [-0.25, -0.2) is 4.39 Å². The van der Waals surface area contributed by atoms with Crippen LogP contribution in [0.3, 0.4) is 0 Å². The Morgan fingerprint density at radius 1 is 1.04 bits per heavy atom. The smallest absolute Gasteiger partial charge is 0.145 e. The first-order chi connectivity index (χ1) is 13.3. The Morgan fingerprint density at radius 3 is 2.85 bits per heavy atom. The molecule has 0 aliphatic rings. The summed E-state index contributed by atoms with van der Waals surface area (Å²) in [7, 11) is 0. The molecule has 0 amide bonds. The number of aromatic nitrogens is 2. The first-order valence-corrected chi connectivity index (χ1v) is 8.91. The van der Waals surface area contributed by atoms with Crippen molar-refractivity contribution in [1.82, 2.24) is 15.3 Å². The molecule has 4 nitrogen and oxygen atoms in total. The van der Waals surface area contributed by atoms with Gasteiger partial charge in [0.05, 0.1) is 6.20 Å². The van der Waals surface area contributed by atoms with E-state index in [-0.39, 0.29) is 5.82 Å². The van der Waals surface area contributed by atoms with Crippen LogP contribution in [0.1, 0.15) is 11.1 Å². The molecule has 2 aromatic carbocycles. The Bertz CT molecular complexity index is 1030. The standard InChI is InChI=1S/C22H20FN3O/c23-18-6-7-21-17(14-26-22(21)12-18)8-10-25-13-16-3-1-4-19(11-16)27-20-5-2-9-24-15-20/h1-7,9,11-12,14-15,25-26H,8,10,13H2. The van der Waals surface area contributed by atoms with Gasteiger partial charge in [-0.3, -0.25) is 4.98 Å². The molecule has 27 heavy (non-hydrogen) atoms. The topological polar surface area (TPSA) is 49.9 Å². The van der Waals surface area contributed by atoms with Crippen molar-refractivity contribution in [2.24, 2.45) is 0 Å². The van der Waals surface area contributed by atoms with E-state index in [0.29, 0.717) is 0 Å². The number of H-pyrrole nitrogens is 1. The van der Waals surface area contributed by atoms with Gasteiger partial charge in [-0.15, -0.1) is 0 Å². The van der Waals surface area contributed by atoms with Gasteiger partial charge in [0.2, 0.25) is 0 Å². The molecule has 2 N–H and O–H groups in total. The fourth-order valence-electron chi connectivity index (χ4n) is 3.08. The summed E-state index contributed by atoms with van der Waals surface area (Å²) in [6.45, 7) is 1.58. The summed E-state index contributed by atoms with van der Waals surface area (Å²) in [5, 5.41) is 4.53. The number of aromatic amines is 1. The van der Waals surface area contributed by atoms with Crippen LogP contribution in [0, 0.1) is 5.82 Å². The van der Waals surface area contributed by atoms with Crippen LogP contribution in [-0.2, 0) is 13.0 Å². The summed E-state index contributed by atoms with van der Waals surface area (Å²) >= 11 is 0. The van der Waals surface area contributed by atoms with Crippen molar-refractivity contribution < 1.29 is 9.13 Å². The highest BCUT2D eigenvalue weighted by Crippen LogP contribution is 2.21. The van der Waals surface area contributed by atoms with E-state index in [1.165, 1.54) is 17.7 Å². The van der Waals surface area contributed by atoms with E-state index in [4.69, 9.17) is 4.74 Å². The molecule has 0 radical (unpaired) electrons. The summed E-state index contributed by atoms with van der Waals surface area (Å²) in [5.74, 6) is 1.29. The molecule has 136 valence electrons. The summed E-state index contributed by atoms with van der Waals surface area (Å²) in [6, 6.07) is 16.6. The maximum atomic E-state index is 13.3. The zero-order chi connectivity index (χ0) is 18.5. The van der Waals surface area contributed by atoms with Crippen LogP contribution >= 0.6 is 0 Å². The molecule has 4 rings (SSSR count). The first-order valence-electron chi connectivity index (χ1n) is 8.91. The fourth-order valence-corrected chi connectivity index (χ4v) is 3.08. The van der Waals surface area contributed by atoms with Gasteiger partial charge >= 0.3 is 0 Å². The van der Waals surface area contributed by atoms with Crippen LogP contribution in [0.4, 0.5) is 4.39 Å². The van der Waals surface area contributed by atoms with Gasteiger partial charge in [-0.05, 0) is 66.6 Å². The van der Waals surface area contributed by atoms with E-state index in [9.17, 15) is 4.39 Å². The molecule has 0 aliphatic carbocycles. The Balaban J connectivity index is 1.32. The van der Waals surface area contributed by atoms with Gasteiger partial charge in [0.25, 0.3) is 0 Å². The molecular weight excluding hydrogens is 341 g/mol. The Hall–Kier alpha value is -3.18. The number of rotatable bonds is 7. The molecule has 0 bridgehead atoms. The summed E-state index contributed by atoms with van der Waals surface area (Å²) in [5.41, 5.74) is 3.17.